The third kappa shape index (κ3) is 2.95. The SMILES string of the molecule is O=C(O)CSc1nc2c(Cl)cccc2n1N1CCOCC1. The van der Waals surface area contributed by atoms with Gasteiger partial charge in [0, 0.05) is 0 Å². The number of carbonyl (C=O) groups is 1. The van der Waals surface area contributed by atoms with Gasteiger partial charge in [-0.2, -0.15) is 0 Å². The molecule has 0 atom stereocenters. The van der Waals surface area contributed by atoms with Gasteiger partial charge in [-0.3, -0.25) is 4.79 Å². The van der Waals surface area contributed by atoms with Crippen LogP contribution in [0, 0.1) is 0 Å². The number of fused-ring (bicyclic) bond motifs is 1. The molecule has 112 valence electrons. The van der Waals surface area contributed by atoms with Crippen molar-refractivity contribution in [1.29, 1.82) is 0 Å². The van der Waals surface area contributed by atoms with Crippen LogP contribution < -0.4 is 5.01 Å². The number of ether oxygens (including phenoxy) is 1. The molecule has 2 aromatic rings. The van der Waals surface area contributed by atoms with Gasteiger partial charge in [-0.1, -0.05) is 29.4 Å². The summed E-state index contributed by atoms with van der Waals surface area (Å²) < 4.78 is 7.32. The fraction of sp³-hybridized carbons (Fsp3) is 0.385. The highest BCUT2D eigenvalue weighted by molar-refractivity contribution is 7.99. The van der Waals surface area contributed by atoms with E-state index < -0.39 is 5.97 Å². The molecule has 6 nitrogen and oxygen atoms in total. The molecule has 0 spiro atoms. The number of benzene rings is 1. The summed E-state index contributed by atoms with van der Waals surface area (Å²) in [6, 6.07) is 5.59. The maximum atomic E-state index is 10.8. The number of aliphatic carboxylic acids is 1. The van der Waals surface area contributed by atoms with Gasteiger partial charge < -0.3 is 14.9 Å². The van der Waals surface area contributed by atoms with Crippen LogP contribution in [0.25, 0.3) is 11.0 Å². The second kappa shape index (κ2) is 6.13. The molecule has 1 aromatic carbocycles. The van der Waals surface area contributed by atoms with E-state index in [0.29, 0.717) is 28.9 Å². The third-order valence-corrected chi connectivity index (χ3v) is 4.40. The highest BCUT2D eigenvalue weighted by atomic mass is 35.5. The van der Waals surface area contributed by atoms with Crippen LogP contribution in [0.3, 0.4) is 0 Å². The van der Waals surface area contributed by atoms with E-state index in [1.54, 1.807) is 6.07 Å². The van der Waals surface area contributed by atoms with Crippen LogP contribution in [-0.4, -0.2) is 52.8 Å². The predicted octanol–water partition coefficient (Wildman–Crippen LogP) is 1.83. The predicted molar refractivity (Wildman–Crippen MR) is 81.9 cm³/mol. The Labute approximate surface area is 130 Å². The number of aromatic nitrogens is 2. The summed E-state index contributed by atoms with van der Waals surface area (Å²) in [7, 11) is 0. The summed E-state index contributed by atoms with van der Waals surface area (Å²) in [5.74, 6) is -0.905. The Morgan fingerprint density at radius 2 is 2.19 bits per heavy atom. The Morgan fingerprint density at radius 3 is 2.90 bits per heavy atom. The molecule has 1 N–H and O–H groups in total. The van der Waals surface area contributed by atoms with E-state index in [0.717, 1.165) is 18.6 Å². The largest absolute Gasteiger partial charge is 0.481 e. The van der Waals surface area contributed by atoms with Gasteiger partial charge in [-0.25, -0.2) is 9.66 Å². The Balaban J connectivity index is 2.06. The van der Waals surface area contributed by atoms with Crippen LogP contribution in [0.5, 0.6) is 0 Å². The van der Waals surface area contributed by atoms with E-state index in [2.05, 4.69) is 9.99 Å². The molecular weight excluding hydrogens is 314 g/mol. The van der Waals surface area contributed by atoms with Gasteiger partial charge in [0.25, 0.3) is 0 Å². The first kappa shape index (κ1) is 14.5. The number of nitrogens with zero attached hydrogens (tertiary/aromatic N) is 3. The molecule has 0 saturated carbocycles. The molecule has 1 aliphatic rings. The Hall–Kier alpha value is -1.44. The number of para-hydroxylation sites is 1. The van der Waals surface area contributed by atoms with Crippen molar-refractivity contribution in [3.8, 4) is 0 Å². The first-order chi connectivity index (χ1) is 10.2. The number of hydrogen-bond donors (Lipinski definition) is 1. The van der Waals surface area contributed by atoms with Gasteiger partial charge in [0.05, 0.1) is 42.6 Å². The van der Waals surface area contributed by atoms with Gasteiger partial charge in [0.15, 0.2) is 5.16 Å². The summed E-state index contributed by atoms with van der Waals surface area (Å²) in [4.78, 5) is 15.3. The fourth-order valence-corrected chi connectivity index (χ4v) is 3.23. The number of halogens is 1. The quantitative estimate of drug-likeness (QED) is 0.864. The van der Waals surface area contributed by atoms with Gasteiger partial charge in [-0.15, -0.1) is 0 Å². The summed E-state index contributed by atoms with van der Waals surface area (Å²) in [6.45, 7) is 2.75. The maximum Gasteiger partial charge on any atom is 0.313 e. The topological polar surface area (TPSA) is 67.6 Å². The highest BCUT2D eigenvalue weighted by Gasteiger charge is 2.20. The lowest BCUT2D eigenvalue weighted by atomic mass is 10.3. The Bertz CT molecular complexity index is 670. The van der Waals surface area contributed by atoms with E-state index in [-0.39, 0.29) is 5.75 Å². The minimum atomic E-state index is -0.869. The van der Waals surface area contributed by atoms with Crippen molar-refractivity contribution in [3.63, 3.8) is 0 Å². The average molecular weight is 328 g/mol. The standard InChI is InChI=1S/C13H14ClN3O3S/c14-9-2-1-3-10-12(9)15-13(21-8-11(18)19)17(10)16-4-6-20-7-5-16/h1-3H,4-8H2,(H,18,19). The zero-order chi connectivity index (χ0) is 14.8. The maximum absolute atomic E-state index is 10.8. The van der Waals surface area contributed by atoms with E-state index in [9.17, 15) is 4.79 Å². The summed E-state index contributed by atoms with van der Waals surface area (Å²) in [5.41, 5.74) is 1.58. The molecule has 21 heavy (non-hydrogen) atoms. The lowest BCUT2D eigenvalue weighted by Crippen LogP contribution is -2.44. The molecule has 3 rings (SSSR count). The fourth-order valence-electron chi connectivity index (χ4n) is 2.28. The zero-order valence-electron chi connectivity index (χ0n) is 11.2. The highest BCUT2D eigenvalue weighted by Crippen LogP contribution is 2.29. The number of morpholine rings is 1. The average Bonchev–Trinajstić information content (AvgIpc) is 2.86. The van der Waals surface area contributed by atoms with Crippen molar-refractivity contribution in [1.82, 2.24) is 9.66 Å². The molecule has 0 bridgehead atoms. The van der Waals surface area contributed by atoms with E-state index in [4.69, 9.17) is 21.4 Å². The number of hydrogen-bond acceptors (Lipinski definition) is 5. The van der Waals surface area contributed by atoms with Gasteiger partial charge in [0.2, 0.25) is 0 Å². The minimum absolute atomic E-state index is 0.0364. The van der Waals surface area contributed by atoms with Crippen molar-refractivity contribution in [3.05, 3.63) is 23.2 Å². The Kier molecular flexibility index (Phi) is 4.23. The second-order valence-corrected chi connectivity index (χ2v) is 5.91. The molecule has 1 aromatic heterocycles. The van der Waals surface area contributed by atoms with Gasteiger partial charge >= 0.3 is 5.97 Å². The van der Waals surface area contributed by atoms with Gasteiger partial charge in [0.1, 0.15) is 5.52 Å². The third-order valence-electron chi connectivity index (χ3n) is 3.18. The second-order valence-electron chi connectivity index (χ2n) is 4.56. The molecule has 0 unspecified atom stereocenters. The number of thioether (sulfide) groups is 1. The Morgan fingerprint density at radius 1 is 1.43 bits per heavy atom. The van der Waals surface area contributed by atoms with E-state index in [1.165, 1.54) is 11.8 Å². The molecule has 8 heteroatoms. The van der Waals surface area contributed by atoms with Crippen LogP contribution in [0.2, 0.25) is 5.02 Å². The smallest absolute Gasteiger partial charge is 0.313 e. The minimum Gasteiger partial charge on any atom is -0.481 e. The van der Waals surface area contributed by atoms with Crippen molar-refractivity contribution in [2.75, 3.05) is 37.1 Å². The molecular formula is C13H14ClN3O3S. The summed E-state index contributed by atoms with van der Waals surface area (Å²) in [6.07, 6.45) is 0. The van der Waals surface area contributed by atoms with Crippen molar-refractivity contribution < 1.29 is 14.6 Å². The molecule has 2 heterocycles. The molecule has 0 amide bonds. The van der Waals surface area contributed by atoms with Crippen LogP contribution in [0.1, 0.15) is 0 Å². The zero-order valence-corrected chi connectivity index (χ0v) is 12.7. The van der Waals surface area contributed by atoms with Crippen LogP contribution in [-0.2, 0) is 9.53 Å². The first-order valence-electron chi connectivity index (χ1n) is 6.51. The van der Waals surface area contributed by atoms with E-state index in [1.807, 2.05) is 16.8 Å². The number of carboxylic acid groups (broad SMARTS) is 1. The number of carboxylic acids is 1. The summed E-state index contributed by atoms with van der Waals surface area (Å²) in [5, 5.41) is 12.2. The summed E-state index contributed by atoms with van der Waals surface area (Å²) >= 11 is 7.39. The first-order valence-corrected chi connectivity index (χ1v) is 7.87. The van der Waals surface area contributed by atoms with E-state index >= 15 is 0 Å². The normalized spacial score (nSPS) is 15.6. The molecule has 1 fully saturated rings. The van der Waals surface area contributed by atoms with Crippen molar-refractivity contribution >= 4 is 40.4 Å². The lowest BCUT2D eigenvalue weighted by molar-refractivity contribution is -0.133. The molecule has 0 aliphatic carbocycles. The van der Waals surface area contributed by atoms with Crippen molar-refractivity contribution in [2.24, 2.45) is 0 Å². The lowest BCUT2D eigenvalue weighted by Gasteiger charge is -2.31. The van der Waals surface area contributed by atoms with Crippen LogP contribution in [0.4, 0.5) is 0 Å². The van der Waals surface area contributed by atoms with Gasteiger partial charge in [-0.05, 0) is 12.1 Å². The monoisotopic (exact) mass is 327 g/mol. The van der Waals surface area contributed by atoms with Crippen LogP contribution >= 0.6 is 23.4 Å². The number of rotatable bonds is 4. The molecule has 0 radical (unpaired) electrons. The number of imidazole rings is 1. The van der Waals surface area contributed by atoms with Crippen molar-refractivity contribution in [2.45, 2.75) is 5.16 Å². The molecule has 1 saturated heterocycles. The van der Waals surface area contributed by atoms with Crippen LogP contribution in [0.15, 0.2) is 23.4 Å². The molecule has 1 aliphatic heterocycles.